The van der Waals surface area contributed by atoms with Gasteiger partial charge in [-0.2, -0.15) is 13.2 Å². The van der Waals surface area contributed by atoms with Crippen molar-refractivity contribution in [3.63, 3.8) is 0 Å². The fourth-order valence-electron chi connectivity index (χ4n) is 3.96. The zero-order valence-corrected chi connectivity index (χ0v) is 17.1. The molecule has 3 atom stereocenters. The lowest BCUT2D eigenvalue weighted by molar-refractivity contribution is -0.137. The highest BCUT2D eigenvalue weighted by Crippen LogP contribution is 2.50. The molecule has 3 aromatic rings. The molecule has 1 aliphatic rings. The average molecular weight is 424 g/mol. The van der Waals surface area contributed by atoms with Gasteiger partial charge in [0.15, 0.2) is 0 Å². The quantitative estimate of drug-likeness (QED) is 0.487. The highest BCUT2D eigenvalue weighted by molar-refractivity contribution is 5.83. The third-order valence-electron chi connectivity index (χ3n) is 5.81. The van der Waals surface area contributed by atoms with Gasteiger partial charge in [-0.05, 0) is 48.6 Å². The minimum Gasteiger partial charge on any atom is -0.330 e. The van der Waals surface area contributed by atoms with Gasteiger partial charge in [0.2, 0.25) is 5.91 Å². The monoisotopic (exact) mass is 424 g/mol. The van der Waals surface area contributed by atoms with E-state index in [1.54, 1.807) is 17.2 Å². The summed E-state index contributed by atoms with van der Waals surface area (Å²) in [6.07, 6.45) is -2.14. The van der Waals surface area contributed by atoms with Gasteiger partial charge in [0.1, 0.15) is 0 Å². The van der Waals surface area contributed by atoms with Gasteiger partial charge in [-0.25, -0.2) is 0 Å². The molecule has 0 radical (unpaired) electrons. The molecule has 1 heterocycles. The molecule has 0 bridgehead atoms. The van der Waals surface area contributed by atoms with Crippen molar-refractivity contribution in [2.75, 3.05) is 0 Å². The van der Waals surface area contributed by atoms with Crippen LogP contribution < -0.4 is 0 Å². The molecule has 0 N–H and O–H groups in total. The van der Waals surface area contributed by atoms with Gasteiger partial charge in [0.05, 0.1) is 17.3 Å². The minimum absolute atomic E-state index is 0.0515. The maximum Gasteiger partial charge on any atom is 0.416 e. The molecule has 1 fully saturated rings. The van der Waals surface area contributed by atoms with E-state index in [1.807, 2.05) is 55.5 Å². The Morgan fingerprint density at radius 3 is 2.48 bits per heavy atom. The smallest absolute Gasteiger partial charge is 0.330 e. The van der Waals surface area contributed by atoms with E-state index in [-0.39, 0.29) is 23.8 Å². The third kappa shape index (κ3) is 4.79. The van der Waals surface area contributed by atoms with Crippen LogP contribution in [0.3, 0.4) is 0 Å². The Morgan fingerprint density at radius 1 is 1.06 bits per heavy atom. The lowest BCUT2D eigenvalue weighted by Gasteiger charge is -2.29. The minimum atomic E-state index is -4.39. The maximum absolute atomic E-state index is 13.5. The number of rotatable bonds is 6. The molecule has 3 unspecified atom stereocenters. The Labute approximate surface area is 179 Å². The summed E-state index contributed by atoms with van der Waals surface area (Å²) >= 11 is 0. The average Bonchev–Trinajstić information content (AvgIpc) is 3.58. The summed E-state index contributed by atoms with van der Waals surface area (Å²) in [6.45, 7) is 2.36. The van der Waals surface area contributed by atoms with Crippen LogP contribution in [0.5, 0.6) is 0 Å². The molecule has 31 heavy (non-hydrogen) atoms. The molecule has 1 aliphatic carbocycles. The van der Waals surface area contributed by atoms with E-state index >= 15 is 0 Å². The van der Waals surface area contributed by atoms with Gasteiger partial charge in [0, 0.05) is 18.7 Å². The molecular weight excluding hydrogens is 401 g/mol. The molecule has 0 saturated heterocycles. The van der Waals surface area contributed by atoms with E-state index < -0.39 is 11.7 Å². The summed E-state index contributed by atoms with van der Waals surface area (Å²) in [7, 11) is 0. The van der Waals surface area contributed by atoms with Crippen LogP contribution in [0.15, 0.2) is 79.0 Å². The van der Waals surface area contributed by atoms with Crippen LogP contribution in [0.1, 0.15) is 47.7 Å². The van der Waals surface area contributed by atoms with Crippen LogP contribution in [0, 0.1) is 5.92 Å². The van der Waals surface area contributed by atoms with Crippen LogP contribution in [0.25, 0.3) is 0 Å². The molecule has 1 amide bonds. The number of carbonyl (C=O) groups excluding carboxylic acids is 1. The fraction of sp³-hybridized carbons (Fsp3) is 0.280. The van der Waals surface area contributed by atoms with E-state index in [2.05, 4.69) is 4.98 Å². The van der Waals surface area contributed by atoms with Crippen molar-refractivity contribution in [3.05, 3.63) is 101 Å². The van der Waals surface area contributed by atoms with Crippen molar-refractivity contribution in [1.82, 2.24) is 9.88 Å². The standard InChI is InChI=1S/C25H23F3N2O/c1-17(23-12-5-6-13-29-23)30(16-18-8-3-2-4-9-18)24(31)22-15-21(22)19-10-7-11-20(14-19)25(26,27)28/h2-14,17,21-22H,15-16H2,1H3. The van der Waals surface area contributed by atoms with Crippen LogP contribution in [-0.4, -0.2) is 15.8 Å². The van der Waals surface area contributed by atoms with Gasteiger partial charge in [-0.1, -0.05) is 54.6 Å². The van der Waals surface area contributed by atoms with Crippen LogP contribution in [-0.2, 0) is 17.5 Å². The first kappa shape index (κ1) is 21.1. The largest absolute Gasteiger partial charge is 0.416 e. The summed E-state index contributed by atoms with van der Waals surface area (Å²) in [5, 5.41) is 0. The Kier molecular flexibility index (Phi) is 5.81. The number of amides is 1. The van der Waals surface area contributed by atoms with Crippen molar-refractivity contribution < 1.29 is 18.0 Å². The molecule has 6 heteroatoms. The fourth-order valence-corrected chi connectivity index (χ4v) is 3.96. The van der Waals surface area contributed by atoms with Gasteiger partial charge in [-0.15, -0.1) is 0 Å². The molecule has 0 spiro atoms. The first-order valence-electron chi connectivity index (χ1n) is 10.3. The van der Waals surface area contributed by atoms with E-state index in [1.165, 1.54) is 12.1 Å². The highest BCUT2D eigenvalue weighted by Gasteiger charge is 2.47. The number of benzene rings is 2. The van der Waals surface area contributed by atoms with Crippen molar-refractivity contribution in [2.24, 2.45) is 5.92 Å². The first-order valence-corrected chi connectivity index (χ1v) is 10.3. The summed E-state index contributed by atoms with van der Waals surface area (Å²) in [4.78, 5) is 19.7. The zero-order chi connectivity index (χ0) is 22.0. The number of halogens is 3. The predicted molar refractivity (Wildman–Crippen MR) is 112 cm³/mol. The van der Waals surface area contributed by atoms with Crippen molar-refractivity contribution in [3.8, 4) is 0 Å². The number of aromatic nitrogens is 1. The SMILES string of the molecule is CC(c1ccccn1)N(Cc1ccccc1)C(=O)C1CC1c1cccc(C(F)(F)F)c1. The summed E-state index contributed by atoms with van der Waals surface area (Å²) in [5.74, 6) is -0.563. The molecule has 3 nitrogen and oxygen atoms in total. The number of hydrogen-bond acceptors (Lipinski definition) is 2. The number of alkyl halides is 3. The van der Waals surface area contributed by atoms with Gasteiger partial charge in [0.25, 0.3) is 0 Å². The predicted octanol–water partition coefficient (Wildman–Crippen LogP) is 5.99. The molecule has 160 valence electrons. The van der Waals surface area contributed by atoms with Gasteiger partial charge < -0.3 is 4.90 Å². The van der Waals surface area contributed by atoms with Gasteiger partial charge in [-0.3, -0.25) is 9.78 Å². The molecule has 1 saturated carbocycles. The summed E-state index contributed by atoms with van der Waals surface area (Å²) in [6, 6.07) is 20.3. The molecule has 0 aliphatic heterocycles. The highest BCUT2D eigenvalue weighted by atomic mass is 19.4. The van der Waals surface area contributed by atoms with Crippen LogP contribution >= 0.6 is 0 Å². The Hall–Kier alpha value is -3.15. The number of nitrogens with zero attached hydrogens (tertiary/aromatic N) is 2. The lowest BCUT2D eigenvalue weighted by Crippen LogP contribution is -2.35. The second-order valence-electron chi connectivity index (χ2n) is 7.95. The zero-order valence-electron chi connectivity index (χ0n) is 17.1. The Bertz CT molecular complexity index is 1040. The molecular formula is C25H23F3N2O. The van der Waals surface area contributed by atoms with E-state index in [0.717, 1.165) is 17.3 Å². The van der Waals surface area contributed by atoms with Crippen LogP contribution in [0.2, 0.25) is 0 Å². The molecule has 2 aromatic carbocycles. The van der Waals surface area contributed by atoms with Gasteiger partial charge >= 0.3 is 6.18 Å². The van der Waals surface area contributed by atoms with E-state index in [9.17, 15) is 18.0 Å². The number of pyridine rings is 1. The van der Waals surface area contributed by atoms with Crippen molar-refractivity contribution in [1.29, 1.82) is 0 Å². The normalized spacial score (nSPS) is 19.0. The molecule has 4 rings (SSSR count). The summed E-state index contributed by atoms with van der Waals surface area (Å²) < 4.78 is 39.3. The van der Waals surface area contributed by atoms with E-state index in [0.29, 0.717) is 18.5 Å². The Morgan fingerprint density at radius 2 is 1.81 bits per heavy atom. The topological polar surface area (TPSA) is 33.2 Å². The van der Waals surface area contributed by atoms with Crippen molar-refractivity contribution in [2.45, 2.75) is 38.0 Å². The second-order valence-corrected chi connectivity index (χ2v) is 7.95. The van der Waals surface area contributed by atoms with Crippen LogP contribution in [0.4, 0.5) is 13.2 Å². The lowest BCUT2D eigenvalue weighted by atomic mass is 10.0. The number of hydrogen-bond donors (Lipinski definition) is 0. The van der Waals surface area contributed by atoms with Crippen molar-refractivity contribution >= 4 is 5.91 Å². The number of carbonyl (C=O) groups is 1. The third-order valence-corrected chi connectivity index (χ3v) is 5.81. The Balaban J connectivity index is 1.57. The maximum atomic E-state index is 13.5. The van der Waals surface area contributed by atoms with E-state index in [4.69, 9.17) is 0 Å². The first-order chi connectivity index (χ1) is 14.8. The molecule has 1 aromatic heterocycles. The summed E-state index contributed by atoms with van der Waals surface area (Å²) in [5.41, 5.74) is 1.67. The second kappa shape index (κ2) is 8.53.